The van der Waals surface area contributed by atoms with Crippen LogP contribution in [0.4, 0.5) is 0 Å². The van der Waals surface area contributed by atoms with Gasteiger partial charge in [0.25, 0.3) is 0 Å². The Labute approximate surface area is 112 Å². The van der Waals surface area contributed by atoms with Crippen LogP contribution in [0, 0.1) is 11.8 Å². The molecule has 18 heavy (non-hydrogen) atoms. The van der Waals surface area contributed by atoms with E-state index >= 15 is 0 Å². The molecule has 1 N–H and O–H groups in total. The Bertz CT molecular complexity index is 370. The minimum absolute atomic E-state index is 0.747. The maximum atomic E-state index is 3.36. The first kappa shape index (κ1) is 13.6. The second-order valence-corrected chi connectivity index (χ2v) is 6.20. The largest absolute Gasteiger partial charge is 0.319 e. The fourth-order valence-electron chi connectivity index (χ4n) is 3.40. The van der Waals surface area contributed by atoms with E-state index < -0.39 is 0 Å². The van der Waals surface area contributed by atoms with Gasteiger partial charge in [-0.1, -0.05) is 44.5 Å². The maximum absolute atomic E-state index is 3.36. The first-order valence-corrected chi connectivity index (χ1v) is 7.44. The number of nitrogens with one attached hydrogen (secondary N) is 1. The van der Waals surface area contributed by atoms with Crippen LogP contribution >= 0.6 is 0 Å². The van der Waals surface area contributed by atoms with Gasteiger partial charge in [-0.2, -0.15) is 0 Å². The van der Waals surface area contributed by atoms with Gasteiger partial charge in [-0.05, 0) is 61.7 Å². The van der Waals surface area contributed by atoms with Crippen molar-refractivity contribution >= 4 is 0 Å². The summed E-state index contributed by atoms with van der Waals surface area (Å²) in [5.74, 6) is 2.37. The number of benzene rings is 1. The average molecular weight is 245 g/mol. The molecule has 100 valence electrons. The summed E-state index contributed by atoms with van der Waals surface area (Å²) in [4.78, 5) is 0. The van der Waals surface area contributed by atoms with Crippen LogP contribution in [0.5, 0.6) is 0 Å². The number of hydrogen-bond acceptors (Lipinski definition) is 1. The Morgan fingerprint density at radius 3 is 2.83 bits per heavy atom. The Kier molecular flexibility index (Phi) is 4.82. The lowest BCUT2D eigenvalue weighted by atomic mass is 9.87. The molecule has 1 aromatic rings. The topological polar surface area (TPSA) is 12.0 Å². The third-order valence-electron chi connectivity index (χ3n) is 4.15. The van der Waals surface area contributed by atoms with Gasteiger partial charge >= 0.3 is 0 Å². The standard InChI is InChI=1S/C17H27N/c1-13(2)10-14-6-4-7-15(11-14)17-9-5-8-16(17)12-18-3/h4,6-7,11,13,16-18H,5,8-10,12H2,1-3H3. The SMILES string of the molecule is CNCC1CCCC1c1cccc(CC(C)C)c1. The van der Waals surface area contributed by atoms with Crippen LogP contribution in [0.25, 0.3) is 0 Å². The van der Waals surface area contributed by atoms with Crippen molar-refractivity contribution in [2.45, 2.75) is 45.4 Å². The summed E-state index contributed by atoms with van der Waals surface area (Å²) in [5, 5.41) is 3.36. The minimum atomic E-state index is 0.747. The van der Waals surface area contributed by atoms with Gasteiger partial charge in [0.2, 0.25) is 0 Å². The highest BCUT2D eigenvalue weighted by Gasteiger charge is 2.27. The van der Waals surface area contributed by atoms with E-state index in [2.05, 4.69) is 50.5 Å². The molecular formula is C17H27N. The Morgan fingerprint density at radius 1 is 1.28 bits per heavy atom. The van der Waals surface area contributed by atoms with E-state index in [0.29, 0.717) is 0 Å². The molecular weight excluding hydrogens is 218 g/mol. The second kappa shape index (κ2) is 6.38. The molecule has 0 bridgehead atoms. The molecule has 0 heterocycles. The minimum Gasteiger partial charge on any atom is -0.319 e. The van der Waals surface area contributed by atoms with Gasteiger partial charge in [-0.15, -0.1) is 0 Å². The van der Waals surface area contributed by atoms with E-state index in [0.717, 1.165) is 17.8 Å². The highest BCUT2D eigenvalue weighted by molar-refractivity contribution is 5.28. The highest BCUT2D eigenvalue weighted by Crippen LogP contribution is 2.39. The van der Waals surface area contributed by atoms with Crippen LogP contribution in [0.1, 0.15) is 50.2 Å². The third kappa shape index (κ3) is 3.35. The summed E-state index contributed by atoms with van der Waals surface area (Å²) >= 11 is 0. The Hall–Kier alpha value is -0.820. The smallest absolute Gasteiger partial charge is 0.00177 e. The van der Waals surface area contributed by atoms with Crippen molar-refractivity contribution in [3.8, 4) is 0 Å². The van der Waals surface area contributed by atoms with Gasteiger partial charge in [-0.25, -0.2) is 0 Å². The number of hydrogen-bond donors (Lipinski definition) is 1. The van der Waals surface area contributed by atoms with Crippen LogP contribution in [0.3, 0.4) is 0 Å². The molecule has 2 atom stereocenters. The molecule has 0 aliphatic heterocycles. The quantitative estimate of drug-likeness (QED) is 0.827. The molecule has 0 saturated heterocycles. The van der Waals surface area contributed by atoms with Crippen LogP contribution in [-0.2, 0) is 6.42 Å². The highest BCUT2D eigenvalue weighted by atomic mass is 14.8. The Morgan fingerprint density at radius 2 is 2.11 bits per heavy atom. The second-order valence-electron chi connectivity index (χ2n) is 6.20. The van der Waals surface area contributed by atoms with Gasteiger partial charge in [0, 0.05) is 0 Å². The summed E-state index contributed by atoms with van der Waals surface area (Å²) in [6.07, 6.45) is 5.36. The van der Waals surface area contributed by atoms with E-state index in [9.17, 15) is 0 Å². The molecule has 1 heteroatoms. The van der Waals surface area contributed by atoms with Crippen LogP contribution in [0.2, 0.25) is 0 Å². The molecule has 1 nitrogen and oxygen atoms in total. The predicted molar refractivity (Wildman–Crippen MR) is 79.0 cm³/mol. The zero-order chi connectivity index (χ0) is 13.0. The molecule has 0 amide bonds. The molecule has 1 aliphatic rings. The first-order chi connectivity index (χ1) is 8.70. The summed E-state index contributed by atoms with van der Waals surface area (Å²) in [6, 6.07) is 9.33. The number of rotatable bonds is 5. The van der Waals surface area contributed by atoms with Crippen LogP contribution in [0.15, 0.2) is 24.3 Å². The predicted octanol–water partition coefficient (Wildman–Crippen LogP) is 3.99. The zero-order valence-electron chi connectivity index (χ0n) is 12.1. The van der Waals surface area contributed by atoms with Gasteiger partial charge in [0.15, 0.2) is 0 Å². The summed E-state index contributed by atoms with van der Waals surface area (Å²) < 4.78 is 0. The first-order valence-electron chi connectivity index (χ1n) is 7.44. The fourth-order valence-corrected chi connectivity index (χ4v) is 3.40. The lowest BCUT2D eigenvalue weighted by Crippen LogP contribution is -2.21. The summed E-state index contributed by atoms with van der Waals surface area (Å²) in [6.45, 7) is 5.76. The third-order valence-corrected chi connectivity index (χ3v) is 4.15. The van der Waals surface area contributed by atoms with Crippen molar-refractivity contribution in [1.29, 1.82) is 0 Å². The van der Waals surface area contributed by atoms with Crippen molar-refractivity contribution in [3.63, 3.8) is 0 Å². The van der Waals surface area contributed by atoms with Crippen LogP contribution in [-0.4, -0.2) is 13.6 Å². The Balaban J connectivity index is 2.12. The van der Waals surface area contributed by atoms with E-state index in [1.54, 1.807) is 5.56 Å². The van der Waals surface area contributed by atoms with E-state index in [1.807, 2.05) is 0 Å². The molecule has 2 unspecified atom stereocenters. The van der Waals surface area contributed by atoms with Crippen molar-refractivity contribution in [3.05, 3.63) is 35.4 Å². The van der Waals surface area contributed by atoms with Gasteiger partial charge in [0.05, 0.1) is 0 Å². The average Bonchev–Trinajstić information content (AvgIpc) is 2.77. The molecule has 0 spiro atoms. The molecule has 0 aromatic heterocycles. The van der Waals surface area contributed by atoms with E-state index in [1.165, 1.54) is 37.8 Å². The summed E-state index contributed by atoms with van der Waals surface area (Å²) in [7, 11) is 2.07. The lowest BCUT2D eigenvalue weighted by molar-refractivity contribution is 0.462. The normalized spacial score (nSPS) is 23.8. The van der Waals surface area contributed by atoms with Crippen molar-refractivity contribution < 1.29 is 0 Å². The van der Waals surface area contributed by atoms with Crippen molar-refractivity contribution in [2.75, 3.05) is 13.6 Å². The van der Waals surface area contributed by atoms with Gasteiger partial charge < -0.3 is 5.32 Å². The lowest BCUT2D eigenvalue weighted by Gasteiger charge is -2.20. The molecule has 1 fully saturated rings. The molecule has 0 radical (unpaired) electrons. The summed E-state index contributed by atoms with van der Waals surface area (Å²) in [5.41, 5.74) is 3.09. The molecule has 2 rings (SSSR count). The molecule has 1 aliphatic carbocycles. The van der Waals surface area contributed by atoms with E-state index in [4.69, 9.17) is 0 Å². The van der Waals surface area contributed by atoms with Gasteiger partial charge in [0.1, 0.15) is 0 Å². The molecule has 1 aromatic carbocycles. The van der Waals surface area contributed by atoms with E-state index in [-0.39, 0.29) is 0 Å². The zero-order valence-corrected chi connectivity index (χ0v) is 12.1. The van der Waals surface area contributed by atoms with Crippen molar-refractivity contribution in [2.24, 2.45) is 11.8 Å². The monoisotopic (exact) mass is 245 g/mol. The van der Waals surface area contributed by atoms with Crippen molar-refractivity contribution in [1.82, 2.24) is 5.32 Å². The fraction of sp³-hybridized carbons (Fsp3) is 0.647. The maximum Gasteiger partial charge on any atom is -0.00177 e. The van der Waals surface area contributed by atoms with Gasteiger partial charge in [-0.3, -0.25) is 0 Å². The molecule has 1 saturated carbocycles. The van der Waals surface area contributed by atoms with Crippen LogP contribution < -0.4 is 5.32 Å².